The highest BCUT2D eigenvalue weighted by molar-refractivity contribution is 7.92. The molecule has 0 aliphatic rings. The Bertz CT molecular complexity index is 1140. The Kier molecular flexibility index (Phi) is 6.62. The molecular weight excluding hydrogens is 400 g/mol. The summed E-state index contributed by atoms with van der Waals surface area (Å²) < 4.78 is 31.6. The van der Waals surface area contributed by atoms with Gasteiger partial charge in [-0.25, -0.2) is 8.42 Å². The van der Waals surface area contributed by atoms with Gasteiger partial charge in [-0.2, -0.15) is 0 Å². The quantitative estimate of drug-likeness (QED) is 0.596. The molecular formula is C23H26N2O4S. The number of amides is 1. The van der Waals surface area contributed by atoms with E-state index in [1.165, 1.54) is 7.11 Å². The molecule has 7 heteroatoms. The lowest BCUT2D eigenvalue weighted by atomic mass is 10.0. The zero-order chi connectivity index (χ0) is 21.7. The lowest BCUT2D eigenvalue weighted by Crippen LogP contribution is -2.49. The number of nitrogens with one attached hydrogen (secondary N) is 1. The highest BCUT2D eigenvalue weighted by atomic mass is 32.2. The minimum absolute atomic E-state index is 0.312. The maximum Gasteiger partial charge on any atom is 0.244 e. The van der Waals surface area contributed by atoms with Crippen molar-refractivity contribution in [1.29, 1.82) is 0 Å². The van der Waals surface area contributed by atoms with Crippen LogP contribution >= 0.6 is 0 Å². The summed E-state index contributed by atoms with van der Waals surface area (Å²) in [5, 5.41) is 5.06. The van der Waals surface area contributed by atoms with Gasteiger partial charge in [-0.3, -0.25) is 9.10 Å². The molecule has 0 aliphatic heterocycles. The number of carbonyl (C=O) groups is 1. The van der Waals surface area contributed by atoms with Crippen molar-refractivity contribution in [2.75, 3.05) is 17.7 Å². The van der Waals surface area contributed by atoms with Crippen LogP contribution in [0.3, 0.4) is 0 Å². The molecule has 6 nitrogen and oxygen atoms in total. The number of methoxy groups -OCH3 is 1. The highest BCUT2D eigenvalue weighted by Crippen LogP contribution is 2.26. The van der Waals surface area contributed by atoms with Crippen LogP contribution in [0.15, 0.2) is 66.7 Å². The molecule has 158 valence electrons. The van der Waals surface area contributed by atoms with Gasteiger partial charge < -0.3 is 10.1 Å². The van der Waals surface area contributed by atoms with E-state index >= 15 is 0 Å². The zero-order valence-electron chi connectivity index (χ0n) is 17.3. The fourth-order valence-electron chi connectivity index (χ4n) is 3.55. The monoisotopic (exact) mass is 426 g/mol. The molecule has 30 heavy (non-hydrogen) atoms. The first-order valence-corrected chi connectivity index (χ1v) is 11.6. The fourth-order valence-corrected chi connectivity index (χ4v) is 4.76. The van der Waals surface area contributed by atoms with Gasteiger partial charge in [-0.05, 0) is 34.9 Å². The van der Waals surface area contributed by atoms with E-state index in [1.807, 2.05) is 42.5 Å². The summed E-state index contributed by atoms with van der Waals surface area (Å²) in [6.07, 6.45) is 1.43. The molecule has 0 fully saturated rings. The van der Waals surface area contributed by atoms with Gasteiger partial charge in [0.1, 0.15) is 11.8 Å². The molecule has 1 N–H and O–H groups in total. The van der Waals surface area contributed by atoms with E-state index in [-0.39, 0.29) is 5.91 Å². The van der Waals surface area contributed by atoms with E-state index in [9.17, 15) is 13.2 Å². The van der Waals surface area contributed by atoms with Crippen molar-refractivity contribution in [2.45, 2.75) is 25.9 Å². The van der Waals surface area contributed by atoms with Crippen molar-refractivity contribution in [2.24, 2.45) is 0 Å². The third kappa shape index (κ3) is 4.74. The Morgan fingerprint density at radius 3 is 2.47 bits per heavy atom. The molecule has 0 spiro atoms. The van der Waals surface area contributed by atoms with Gasteiger partial charge in [0, 0.05) is 12.6 Å². The summed E-state index contributed by atoms with van der Waals surface area (Å²) in [6.45, 7) is 2.10. The average molecular weight is 427 g/mol. The van der Waals surface area contributed by atoms with Crippen LogP contribution in [0.1, 0.15) is 18.9 Å². The summed E-state index contributed by atoms with van der Waals surface area (Å²) >= 11 is 0. The summed E-state index contributed by atoms with van der Waals surface area (Å²) in [6, 6.07) is 19.7. The first-order valence-electron chi connectivity index (χ1n) is 9.73. The van der Waals surface area contributed by atoms with E-state index in [1.54, 1.807) is 31.2 Å². The van der Waals surface area contributed by atoms with Crippen LogP contribution in [-0.4, -0.2) is 33.7 Å². The number of carbonyl (C=O) groups excluding carboxylic acids is 1. The second-order valence-electron chi connectivity index (χ2n) is 7.04. The van der Waals surface area contributed by atoms with Crippen LogP contribution in [-0.2, 0) is 21.4 Å². The molecule has 3 rings (SSSR count). The van der Waals surface area contributed by atoms with Crippen molar-refractivity contribution >= 4 is 32.4 Å². The number of fused-ring (bicyclic) bond motifs is 1. The molecule has 0 aromatic heterocycles. The molecule has 0 heterocycles. The third-order valence-corrected chi connectivity index (χ3v) is 6.15. The van der Waals surface area contributed by atoms with Gasteiger partial charge in [0.05, 0.1) is 19.1 Å². The van der Waals surface area contributed by atoms with Crippen LogP contribution in [0.25, 0.3) is 10.8 Å². The Hall–Kier alpha value is -3.06. The molecule has 0 saturated carbocycles. The van der Waals surface area contributed by atoms with Gasteiger partial charge in [-0.15, -0.1) is 0 Å². The molecule has 0 aliphatic carbocycles. The summed E-state index contributed by atoms with van der Waals surface area (Å²) in [7, 11) is -2.19. The van der Waals surface area contributed by atoms with E-state index in [4.69, 9.17) is 4.74 Å². The molecule has 1 atom stereocenters. The Morgan fingerprint density at radius 1 is 1.07 bits per heavy atom. The predicted molar refractivity (Wildman–Crippen MR) is 120 cm³/mol. The lowest BCUT2D eigenvalue weighted by molar-refractivity contribution is -0.122. The highest BCUT2D eigenvalue weighted by Gasteiger charge is 2.31. The maximum atomic E-state index is 13.1. The average Bonchev–Trinajstić information content (AvgIpc) is 2.74. The number of benzene rings is 3. The first kappa shape index (κ1) is 21.6. The molecule has 1 unspecified atom stereocenters. The van der Waals surface area contributed by atoms with Crippen LogP contribution in [0, 0.1) is 0 Å². The molecule has 0 radical (unpaired) electrons. The minimum atomic E-state index is -3.70. The van der Waals surface area contributed by atoms with Gasteiger partial charge in [0.15, 0.2) is 0 Å². The Labute approximate surface area is 177 Å². The van der Waals surface area contributed by atoms with E-state index in [0.29, 0.717) is 24.4 Å². The SMILES string of the molecule is CCC(C(=O)NCc1cccc2ccccc12)N(c1cccc(OC)c1)S(C)(=O)=O. The number of anilines is 1. The van der Waals surface area contributed by atoms with Crippen molar-refractivity contribution in [1.82, 2.24) is 5.32 Å². The first-order chi connectivity index (χ1) is 14.3. The van der Waals surface area contributed by atoms with Crippen LogP contribution in [0.4, 0.5) is 5.69 Å². The zero-order valence-corrected chi connectivity index (χ0v) is 18.1. The topological polar surface area (TPSA) is 75.7 Å². The molecule has 1 amide bonds. The summed E-state index contributed by atoms with van der Waals surface area (Å²) in [4.78, 5) is 13.1. The number of nitrogens with zero attached hydrogens (tertiary/aromatic N) is 1. The smallest absolute Gasteiger partial charge is 0.244 e. The Morgan fingerprint density at radius 2 is 1.77 bits per heavy atom. The number of hydrogen-bond donors (Lipinski definition) is 1. The number of sulfonamides is 1. The van der Waals surface area contributed by atoms with Crippen LogP contribution in [0.2, 0.25) is 0 Å². The van der Waals surface area contributed by atoms with Gasteiger partial charge in [0.2, 0.25) is 15.9 Å². The molecule has 3 aromatic carbocycles. The van der Waals surface area contributed by atoms with Crippen molar-refractivity contribution < 1.29 is 17.9 Å². The molecule has 0 saturated heterocycles. The van der Waals surface area contributed by atoms with E-state index in [2.05, 4.69) is 5.32 Å². The van der Waals surface area contributed by atoms with Crippen LogP contribution in [0.5, 0.6) is 5.75 Å². The maximum absolute atomic E-state index is 13.1. The second-order valence-corrected chi connectivity index (χ2v) is 8.90. The van der Waals surface area contributed by atoms with E-state index in [0.717, 1.165) is 26.9 Å². The molecule has 3 aromatic rings. The van der Waals surface area contributed by atoms with Crippen molar-refractivity contribution in [3.05, 3.63) is 72.3 Å². The van der Waals surface area contributed by atoms with Crippen molar-refractivity contribution in [3.8, 4) is 5.75 Å². The lowest BCUT2D eigenvalue weighted by Gasteiger charge is -2.30. The standard InChI is InChI=1S/C23H26N2O4S/c1-4-22(25(30(3,27)28)19-12-8-13-20(15-19)29-2)23(26)24-16-18-11-7-10-17-9-5-6-14-21(17)18/h5-15,22H,4,16H2,1-3H3,(H,24,26). The van der Waals surface area contributed by atoms with Gasteiger partial charge in [0.25, 0.3) is 0 Å². The van der Waals surface area contributed by atoms with Crippen molar-refractivity contribution in [3.63, 3.8) is 0 Å². The Balaban J connectivity index is 1.87. The summed E-state index contributed by atoms with van der Waals surface area (Å²) in [5.41, 5.74) is 1.37. The van der Waals surface area contributed by atoms with Crippen LogP contribution < -0.4 is 14.4 Å². The minimum Gasteiger partial charge on any atom is -0.497 e. The fraction of sp³-hybridized carbons (Fsp3) is 0.261. The largest absolute Gasteiger partial charge is 0.497 e. The van der Waals surface area contributed by atoms with Gasteiger partial charge in [-0.1, -0.05) is 55.5 Å². The third-order valence-electron chi connectivity index (χ3n) is 4.97. The van der Waals surface area contributed by atoms with Gasteiger partial charge >= 0.3 is 0 Å². The summed E-state index contributed by atoms with van der Waals surface area (Å²) in [5.74, 6) is 0.172. The molecule has 0 bridgehead atoms. The second kappa shape index (κ2) is 9.17. The number of ether oxygens (including phenoxy) is 1. The number of hydrogen-bond acceptors (Lipinski definition) is 4. The normalized spacial score (nSPS) is 12.4. The van der Waals surface area contributed by atoms with E-state index < -0.39 is 16.1 Å². The number of rotatable bonds is 8. The predicted octanol–water partition coefficient (Wildman–Crippen LogP) is 3.71.